The van der Waals surface area contributed by atoms with Gasteiger partial charge >= 0.3 is 0 Å². The normalized spacial score (nSPS) is 11.1. The highest BCUT2D eigenvalue weighted by atomic mass is 79.9. The zero-order valence-corrected chi connectivity index (χ0v) is 17.4. The van der Waals surface area contributed by atoms with Crippen LogP contribution in [0.25, 0.3) is 11.8 Å². The molecule has 144 valence electrons. The third kappa shape index (κ3) is 4.14. The number of ketones is 1. The molecule has 6 nitrogen and oxygen atoms in total. The maximum Gasteiger partial charge on any atom is 0.208 e. The number of aryl methyl sites for hydroxylation is 1. The minimum atomic E-state index is -0.252. The molecule has 0 amide bonds. The molecule has 0 bridgehead atoms. The first-order chi connectivity index (χ1) is 13.4. The number of carbonyl (C=O) groups is 1. The molecule has 0 saturated carbocycles. The number of hydrogen-bond donors (Lipinski definition) is 1. The summed E-state index contributed by atoms with van der Waals surface area (Å²) in [5.41, 5.74) is 3.67. The molecule has 2 aromatic carbocycles. The average Bonchev–Trinajstić information content (AvgIpc) is 3.06. The van der Waals surface area contributed by atoms with E-state index in [1.807, 2.05) is 45.0 Å². The van der Waals surface area contributed by atoms with Crippen molar-refractivity contribution >= 4 is 27.8 Å². The second-order valence-corrected chi connectivity index (χ2v) is 7.11. The van der Waals surface area contributed by atoms with Crippen molar-refractivity contribution in [3.05, 3.63) is 69.5 Å². The molecule has 0 saturated heterocycles. The monoisotopic (exact) mass is 441 g/mol. The van der Waals surface area contributed by atoms with Gasteiger partial charge in [-0.15, -0.1) is 5.10 Å². The summed E-state index contributed by atoms with van der Waals surface area (Å²) in [6.07, 6.45) is 3.09. The van der Waals surface area contributed by atoms with Gasteiger partial charge in [0.1, 0.15) is 0 Å². The van der Waals surface area contributed by atoms with E-state index in [1.54, 1.807) is 22.9 Å². The van der Waals surface area contributed by atoms with Gasteiger partial charge in [0.25, 0.3) is 0 Å². The van der Waals surface area contributed by atoms with Crippen LogP contribution in [0.4, 0.5) is 0 Å². The zero-order chi connectivity index (χ0) is 20.3. The number of benzene rings is 2. The molecular weight excluding hydrogens is 422 g/mol. The number of aromatic hydroxyl groups is 1. The fourth-order valence-corrected chi connectivity index (χ4v) is 3.15. The van der Waals surface area contributed by atoms with Crippen molar-refractivity contribution in [2.45, 2.75) is 20.8 Å². The third-order valence-corrected chi connectivity index (χ3v) is 4.79. The second-order valence-electron chi connectivity index (χ2n) is 6.25. The molecule has 1 aromatic heterocycles. The Bertz CT molecular complexity index is 1040. The topological polar surface area (TPSA) is 77.2 Å². The van der Waals surface area contributed by atoms with Crippen LogP contribution in [0.1, 0.15) is 34.2 Å². The molecule has 0 aliphatic carbocycles. The van der Waals surface area contributed by atoms with E-state index in [0.29, 0.717) is 33.8 Å². The molecule has 0 aliphatic rings. The third-order valence-electron chi connectivity index (χ3n) is 4.18. The maximum absolute atomic E-state index is 12.6. The first-order valence-corrected chi connectivity index (χ1v) is 9.57. The lowest BCUT2D eigenvalue weighted by Crippen LogP contribution is -2.02. The van der Waals surface area contributed by atoms with E-state index in [2.05, 4.69) is 26.2 Å². The summed E-state index contributed by atoms with van der Waals surface area (Å²) in [5, 5.41) is 18.1. The largest absolute Gasteiger partial charge is 0.503 e. The van der Waals surface area contributed by atoms with Gasteiger partial charge in [-0.1, -0.05) is 29.0 Å². The SMILES string of the molecule is CCOc1cc(/C=C\C(=O)c2nnn(-c3ccc(C)cc3)c2C)cc(Br)c1O. The summed E-state index contributed by atoms with van der Waals surface area (Å²) in [5.74, 6) is 0.130. The molecule has 3 aromatic rings. The Kier molecular flexibility index (Phi) is 5.94. The number of phenols is 1. The van der Waals surface area contributed by atoms with Crippen molar-refractivity contribution in [2.75, 3.05) is 6.61 Å². The van der Waals surface area contributed by atoms with Crippen LogP contribution >= 0.6 is 15.9 Å². The number of nitrogens with zero attached hydrogens (tertiary/aromatic N) is 3. The summed E-state index contributed by atoms with van der Waals surface area (Å²) < 4.78 is 7.54. The number of hydrogen-bond acceptors (Lipinski definition) is 5. The smallest absolute Gasteiger partial charge is 0.208 e. The molecular formula is C21H20BrN3O3. The summed E-state index contributed by atoms with van der Waals surface area (Å²) in [6, 6.07) is 11.2. The van der Waals surface area contributed by atoms with Gasteiger partial charge in [-0.05, 0) is 72.6 Å². The lowest BCUT2D eigenvalue weighted by atomic mass is 10.1. The summed E-state index contributed by atoms with van der Waals surface area (Å²) in [7, 11) is 0. The van der Waals surface area contributed by atoms with E-state index in [4.69, 9.17) is 4.74 Å². The summed E-state index contributed by atoms with van der Waals surface area (Å²) in [4.78, 5) is 12.6. The molecule has 7 heteroatoms. The standard InChI is InChI=1S/C21H20BrN3O3/c1-4-28-19-12-15(11-17(22)21(19)27)7-10-18(26)20-14(3)25(24-23-20)16-8-5-13(2)6-9-16/h5-12,27H,4H2,1-3H3/b10-7-. The minimum absolute atomic E-state index is 0.0298. The highest BCUT2D eigenvalue weighted by molar-refractivity contribution is 9.10. The average molecular weight is 442 g/mol. The fourth-order valence-electron chi connectivity index (χ4n) is 2.69. The molecule has 0 spiro atoms. The van der Waals surface area contributed by atoms with Crippen LogP contribution in [0.3, 0.4) is 0 Å². The fraction of sp³-hybridized carbons (Fsp3) is 0.190. The van der Waals surface area contributed by atoms with E-state index in [-0.39, 0.29) is 11.5 Å². The maximum atomic E-state index is 12.6. The van der Waals surface area contributed by atoms with Crippen LogP contribution in [0.2, 0.25) is 0 Å². The Morgan fingerprint density at radius 1 is 1.25 bits per heavy atom. The zero-order valence-electron chi connectivity index (χ0n) is 15.8. The van der Waals surface area contributed by atoms with Crippen LogP contribution in [-0.4, -0.2) is 32.5 Å². The van der Waals surface area contributed by atoms with Crippen molar-refractivity contribution < 1.29 is 14.6 Å². The van der Waals surface area contributed by atoms with E-state index in [1.165, 1.54) is 6.08 Å². The molecule has 0 aliphatic heterocycles. The first kappa shape index (κ1) is 19.8. The molecule has 28 heavy (non-hydrogen) atoms. The van der Waals surface area contributed by atoms with Crippen LogP contribution in [0.5, 0.6) is 11.5 Å². The van der Waals surface area contributed by atoms with Crippen LogP contribution in [0, 0.1) is 13.8 Å². The Morgan fingerprint density at radius 3 is 2.64 bits per heavy atom. The molecule has 0 radical (unpaired) electrons. The molecule has 0 atom stereocenters. The van der Waals surface area contributed by atoms with Gasteiger partial charge in [-0.25, -0.2) is 4.68 Å². The minimum Gasteiger partial charge on any atom is -0.503 e. The number of rotatable bonds is 6. The van der Waals surface area contributed by atoms with Crippen LogP contribution in [-0.2, 0) is 0 Å². The van der Waals surface area contributed by atoms with Crippen molar-refractivity contribution in [1.82, 2.24) is 15.0 Å². The van der Waals surface area contributed by atoms with E-state index >= 15 is 0 Å². The highest BCUT2D eigenvalue weighted by Gasteiger charge is 2.15. The number of allylic oxidation sites excluding steroid dienone is 1. The highest BCUT2D eigenvalue weighted by Crippen LogP contribution is 2.35. The van der Waals surface area contributed by atoms with Crippen molar-refractivity contribution in [3.63, 3.8) is 0 Å². The van der Waals surface area contributed by atoms with Gasteiger partial charge in [0, 0.05) is 0 Å². The molecule has 0 unspecified atom stereocenters. The Morgan fingerprint density at radius 2 is 1.96 bits per heavy atom. The van der Waals surface area contributed by atoms with Crippen LogP contribution < -0.4 is 4.74 Å². The lowest BCUT2D eigenvalue weighted by molar-refractivity contribution is 0.104. The number of halogens is 1. The molecule has 1 N–H and O–H groups in total. The van der Waals surface area contributed by atoms with Gasteiger partial charge in [-0.3, -0.25) is 4.79 Å². The molecule has 1 heterocycles. The number of aromatic nitrogens is 3. The van der Waals surface area contributed by atoms with E-state index < -0.39 is 0 Å². The van der Waals surface area contributed by atoms with Crippen molar-refractivity contribution in [2.24, 2.45) is 0 Å². The van der Waals surface area contributed by atoms with Gasteiger partial charge in [-0.2, -0.15) is 0 Å². The van der Waals surface area contributed by atoms with Crippen LogP contribution in [0.15, 0.2) is 46.9 Å². The number of carbonyl (C=O) groups excluding carboxylic acids is 1. The summed E-state index contributed by atoms with van der Waals surface area (Å²) in [6.45, 7) is 6.08. The molecule has 0 fully saturated rings. The second kappa shape index (κ2) is 8.39. The predicted molar refractivity (Wildman–Crippen MR) is 111 cm³/mol. The Balaban J connectivity index is 1.85. The number of phenolic OH excluding ortho intramolecular Hbond substituents is 1. The predicted octanol–water partition coefficient (Wildman–Crippen LogP) is 4.65. The number of ether oxygens (including phenoxy) is 1. The van der Waals surface area contributed by atoms with Gasteiger partial charge in [0.15, 0.2) is 17.2 Å². The van der Waals surface area contributed by atoms with Gasteiger partial charge in [0.2, 0.25) is 5.78 Å². The van der Waals surface area contributed by atoms with E-state index in [9.17, 15) is 9.90 Å². The summed E-state index contributed by atoms with van der Waals surface area (Å²) >= 11 is 3.29. The van der Waals surface area contributed by atoms with Crippen molar-refractivity contribution in [1.29, 1.82) is 0 Å². The first-order valence-electron chi connectivity index (χ1n) is 8.77. The quantitative estimate of drug-likeness (QED) is 0.444. The van der Waals surface area contributed by atoms with Gasteiger partial charge in [0.05, 0.1) is 22.5 Å². The Hall–Kier alpha value is -2.93. The Labute approximate surface area is 171 Å². The lowest BCUT2D eigenvalue weighted by Gasteiger charge is -2.08. The molecule has 3 rings (SSSR count). The van der Waals surface area contributed by atoms with Gasteiger partial charge < -0.3 is 9.84 Å². The van der Waals surface area contributed by atoms with Crippen molar-refractivity contribution in [3.8, 4) is 17.2 Å². The van der Waals surface area contributed by atoms with E-state index in [0.717, 1.165) is 11.3 Å².